The summed E-state index contributed by atoms with van der Waals surface area (Å²) in [6, 6.07) is 7.41. The maximum atomic E-state index is 12.7. The Balaban J connectivity index is 2.02. The molecule has 1 atom stereocenters. The summed E-state index contributed by atoms with van der Waals surface area (Å²) < 4.78 is 0. The lowest BCUT2D eigenvalue weighted by Crippen LogP contribution is -2.52. The van der Waals surface area contributed by atoms with Gasteiger partial charge in [-0.3, -0.25) is 14.4 Å². The molecule has 1 heterocycles. The number of rotatable bonds is 8. The molecule has 0 bridgehead atoms. The molecule has 0 spiro atoms. The lowest BCUT2D eigenvalue weighted by Gasteiger charge is -2.36. The molecular formula is C20H28N2O4. The van der Waals surface area contributed by atoms with Gasteiger partial charge in [0.25, 0.3) is 0 Å². The van der Waals surface area contributed by atoms with Gasteiger partial charge >= 0.3 is 5.97 Å². The molecule has 6 heteroatoms. The maximum Gasteiger partial charge on any atom is 0.303 e. The molecule has 2 amide bonds. The summed E-state index contributed by atoms with van der Waals surface area (Å²) in [7, 11) is 0. The van der Waals surface area contributed by atoms with Crippen LogP contribution in [0.25, 0.3) is 0 Å². The number of nitrogens with zero attached hydrogens (tertiary/aromatic N) is 1. The van der Waals surface area contributed by atoms with Gasteiger partial charge in [-0.05, 0) is 29.9 Å². The zero-order valence-corrected chi connectivity index (χ0v) is 15.5. The Morgan fingerprint density at radius 3 is 2.54 bits per heavy atom. The van der Waals surface area contributed by atoms with Crippen molar-refractivity contribution < 1.29 is 19.5 Å². The van der Waals surface area contributed by atoms with Crippen LogP contribution in [-0.2, 0) is 27.3 Å². The lowest BCUT2D eigenvalue weighted by atomic mass is 9.92. The van der Waals surface area contributed by atoms with Gasteiger partial charge in [-0.1, -0.05) is 38.1 Å². The first-order valence-electron chi connectivity index (χ1n) is 9.24. The van der Waals surface area contributed by atoms with E-state index in [2.05, 4.69) is 5.32 Å². The summed E-state index contributed by atoms with van der Waals surface area (Å²) >= 11 is 0. The molecule has 0 saturated heterocycles. The zero-order valence-electron chi connectivity index (χ0n) is 15.5. The quantitative estimate of drug-likeness (QED) is 0.697. The molecule has 1 unspecified atom stereocenters. The highest BCUT2D eigenvalue weighted by molar-refractivity contribution is 5.88. The fraction of sp³-hybridized carbons (Fsp3) is 0.550. The first-order valence-corrected chi connectivity index (χ1v) is 9.24. The van der Waals surface area contributed by atoms with Gasteiger partial charge in [0.1, 0.15) is 6.04 Å². The third-order valence-electron chi connectivity index (χ3n) is 4.57. The Morgan fingerprint density at radius 2 is 1.88 bits per heavy atom. The Kier molecular flexibility index (Phi) is 7.18. The number of carboxylic acids is 1. The maximum absolute atomic E-state index is 12.7. The van der Waals surface area contributed by atoms with Gasteiger partial charge in [-0.15, -0.1) is 0 Å². The molecule has 26 heavy (non-hydrogen) atoms. The minimum atomic E-state index is -0.828. The SMILES string of the molecule is CC(C)CC(=O)N1Cc2ccccc2CC1C(=O)NCCCCC(=O)O. The largest absolute Gasteiger partial charge is 0.481 e. The number of unbranched alkanes of at least 4 members (excludes halogenated alkanes) is 1. The number of carbonyl (C=O) groups is 3. The second kappa shape index (κ2) is 9.36. The van der Waals surface area contributed by atoms with Crippen LogP contribution in [0.15, 0.2) is 24.3 Å². The van der Waals surface area contributed by atoms with E-state index in [1.165, 1.54) is 0 Å². The van der Waals surface area contributed by atoms with E-state index in [-0.39, 0.29) is 24.2 Å². The number of nitrogens with one attached hydrogen (secondary N) is 1. The minimum absolute atomic E-state index is 0.000491. The van der Waals surface area contributed by atoms with Crippen molar-refractivity contribution in [1.29, 1.82) is 0 Å². The monoisotopic (exact) mass is 360 g/mol. The van der Waals surface area contributed by atoms with Crippen LogP contribution in [0.3, 0.4) is 0 Å². The van der Waals surface area contributed by atoms with E-state index in [4.69, 9.17) is 5.11 Å². The number of amides is 2. The van der Waals surface area contributed by atoms with Crippen molar-refractivity contribution in [2.75, 3.05) is 6.54 Å². The number of carboxylic acid groups (broad SMARTS) is 1. The van der Waals surface area contributed by atoms with Crippen molar-refractivity contribution in [3.05, 3.63) is 35.4 Å². The fourth-order valence-corrected chi connectivity index (χ4v) is 3.22. The standard InChI is InChI=1S/C20H28N2O4/c1-14(2)11-18(23)22-13-16-8-4-3-7-15(16)12-17(22)20(26)21-10-6-5-9-19(24)25/h3-4,7-8,14,17H,5-6,9-13H2,1-2H3,(H,21,26)(H,24,25). The van der Waals surface area contributed by atoms with Crippen molar-refractivity contribution in [2.24, 2.45) is 5.92 Å². The van der Waals surface area contributed by atoms with Gasteiger partial charge in [0.05, 0.1) is 0 Å². The Labute approximate surface area is 154 Å². The topological polar surface area (TPSA) is 86.7 Å². The molecule has 2 rings (SSSR count). The Morgan fingerprint density at radius 1 is 1.19 bits per heavy atom. The van der Waals surface area contributed by atoms with Crippen molar-refractivity contribution in [1.82, 2.24) is 10.2 Å². The van der Waals surface area contributed by atoms with Crippen LogP contribution in [0.1, 0.15) is 50.7 Å². The van der Waals surface area contributed by atoms with Gasteiger partial charge in [-0.2, -0.15) is 0 Å². The molecule has 1 aromatic carbocycles. The van der Waals surface area contributed by atoms with E-state index < -0.39 is 12.0 Å². The summed E-state index contributed by atoms with van der Waals surface area (Å²) in [6.45, 7) is 4.87. The average molecular weight is 360 g/mol. The average Bonchev–Trinajstić information content (AvgIpc) is 2.59. The molecule has 1 aromatic rings. The van der Waals surface area contributed by atoms with Crippen LogP contribution < -0.4 is 5.32 Å². The van der Waals surface area contributed by atoms with Crippen molar-refractivity contribution >= 4 is 17.8 Å². The molecule has 0 fully saturated rings. The molecule has 6 nitrogen and oxygen atoms in total. The third-order valence-corrected chi connectivity index (χ3v) is 4.57. The Hall–Kier alpha value is -2.37. The Bertz CT molecular complexity index is 657. The molecule has 2 N–H and O–H groups in total. The first kappa shape index (κ1) is 19.9. The number of aliphatic carboxylic acids is 1. The summed E-state index contributed by atoms with van der Waals surface area (Å²) in [5.74, 6) is -0.752. The van der Waals surface area contributed by atoms with Gasteiger partial charge in [0.2, 0.25) is 11.8 Å². The van der Waals surface area contributed by atoms with E-state index in [9.17, 15) is 14.4 Å². The van der Waals surface area contributed by atoms with E-state index >= 15 is 0 Å². The molecule has 1 aliphatic heterocycles. The second-order valence-electron chi connectivity index (χ2n) is 7.25. The third kappa shape index (κ3) is 5.58. The molecule has 0 aliphatic carbocycles. The molecule has 0 aromatic heterocycles. The molecule has 0 saturated carbocycles. The minimum Gasteiger partial charge on any atom is -0.481 e. The van der Waals surface area contributed by atoms with Crippen molar-refractivity contribution in [3.8, 4) is 0 Å². The van der Waals surface area contributed by atoms with Gasteiger partial charge in [0.15, 0.2) is 0 Å². The predicted octanol–water partition coefficient (Wildman–Crippen LogP) is 2.36. The number of fused-ring (bicyclic) bond motifs is 1. The predicted molar refractivity (Wildman–Crippen MR) is 98.4 cm³/mol. The van der Waals surface area contributed by atoms with Crippen molar-refractivity contribution in [2.45, 2.75) is 58.5 Å². The molecule has 142 valence electrons. The lowest BCUT2D eigenvalue weighted by molar-refractivity contribution is -0.142. The van der Waals surface area contributed by atoms with Crippen LogP contribution in [-0.4, -0.2) is 40.4 Å². The normalized spacial score (nSPS) is 16.3. The summed E-state index contributed by atoms with van der Waals surface area (Å²) in [4.78, 5) is 37.6. The highest BCUT2D eigenvalue weighted by atomic mass is 16.4. The van der Waals surface area contributed by atoms with E-state index in [1.807, 2.05) is 38.1 Å². The van der Waals surface area contributed by atoms with Crippen LogP contribution in [0.4, 0.5) is 0 Å². The van der Waals surface area contributed by atoms with Gasteiger partial charge < -0.3 is 15.3 Å². The smallest absolute Gasteiger partial charge is 0.303 e. The summed E-state index contributed by atoms with van der Waals surface area (Å²) in [5, 5.41) is 11.5. The van der Waals surface area contributed by atoms with Gasteiger partial charge in [0, 0.05) is 32.4 Å². The van der Waals surface area contributed by atoms with E-state index in [0.717, 1.165) is 11.1 Å². The molecule has 0 radical (unpaired) electrons. The van der Waals surface area contributed by atoms with E-state index in [1.54, 1.807) is 4.90 Å². The second-order valence-corrected chi connectivity index (χ2v) is 7.25. The fourth-order valence-electron chi connectivity index (χ4n) is 3.22. The van der Waals surface area contributed by atoms with Crippen LogP contribution >= 0.6 is 0 Å². The van der Waals surface area contributed by atoms with Gasteiger partial charge in [-0.25, -0.2) is 0 Å². The highest BCUT2D eigenvalue weighted by Gasteiger charge is 2.34. The summed E-state index contributed by atoms with van der Waals surface area (Å²) in [6.07, 6.45) is 2.18. The van der Waals surface area contributed by atoms with Crippen molar-refractivity contribution in [3.63, 3.8) is 0 Å². The van der Waals surface area contributed by atoms with Crippen LogP contribution in [0, 0.1) is 5.92 Å². The summed E-state index contributed by atoms with van der Waals surface area (Å²) in [5.41, 5.74) is 2.20. The first-order chi connectivity index (χ1) is 12.4. The number of hydrogen-bond donors (Lipinski definition) is 2. The van der Waals surface area contributed by atoms with Crippen LogP contribution in [0.2, 0.25) is 0 Å². The molecular weight excluding hydrogens is 332 g/mol. The van der Waals surface area contributed by atoms with Crippen LogP contribution in [0.5, 0.6) is 0 Å². The number of benzene rings is 1. The zero-order chi connectivity index (χ0) is 19.1. The highest BCUT2D eigenvalue weighted by Crippen LogP contribution is 2.25. The number of carbonyl (C=O) groups excluding carboxylic acids is 2. The number of hydrogen-bond acceptors (Lipinski definition) is 3. The molecule has 1 aliphatic rings. The van der Waals surface area contributed by atoms with E-state index in [0.29, 0.717) is 38.8 Å².